The molecule has 5 nitrogen and oxygen atoms in total. The molecule has 0 fully saturated rings. The molecule has 0 bridgehead atoms. The molecule has 0 saturated heterocycles. The average Bonchev–Trinajstić information content (AvgIpc) is 2.71. The number of hydrogen-bond donors (Lipinski definition) is 0. The lowest BCUT2D eigenvalue weighted by molar-refractivity contribution is 0.112. The molecule has 3 aromatic rings. The van der Waals surface area contributed by atoms with Crippen molar-refractivity contribution in [2.45, 2.75) is 37.2 Å². The van der Waals surface area contributed by atoms with Gasteiger partial charge in [-0.05, 0) is 36.8 Å². The van der Waals surface area contributed by atoms with Gasteiger partial charge in [0.1, 0.15) is 12.0 Å². The fourth-order valence-electron chi connectivity index (χ4n) is 2.90. The zero-order valence-corrected chi connectivity index (χ0v) is 16.3. The van der Waals surface area contributed by atoms with Crippen molar-refractivity contribution in [2.24, 2.45) is 0 Å². The average molecular weight is 382 g/mol. The lowest BCUT2D eigenvalue weighted by Crippen LogP contribution is -2.23. The summed E-state index contributed by atoms with van der Waals surface area (Å²) < 4.78 is 7.16. The molecule has 0 aliphatic rings. The molecule has 0 saturated carbocycles. The van der Waals surface area contributed by atoms with Crippen LogP contribution in [0.3, 0.4) is 0 Å². The molecule has 0 atom stereocenters. The van der Waals surface area contributed by atoms with Gasteiger partial charge in [0, 0.05) is 23.4 Å². The maximum atomic E-state index is 12.9. The van der Waals surface area contributed by atoms with E-state index in [1.54, 1.807) is 23.8 Å². The molecule has 1 aromatic heterocycles. The van der Waals surface area contributed by atoms with Gasteiger partial charge in [-0.2, -0.15) is 0 Å². The second kappa shape index (κ2) is 8.86. The van der Waals surface area contributed by atoms with E-state index < -0.39 is 0 Å². The summed E-state index contributed by atoms with van der Waals surface area (Å²) >= 11 is 1.48. The molecule has 3 rings (SSSR count). The van der Waals surface area contributed by atoms with E-state index in [0.29, 0.717) is 33.9 Å². The van der Waals surface area contributed by atoms with Gasteiger partial charge in [-0.3, -0.25) is 14.2 Å². The van der Waals surface area contributed by atoms with Gasteiger partial charge in [0.25, 0.3) is 5.56 Å². The van der Waals surface area contributed by atoms with E-state index in [2.05, 4.69) is 6.92 Å². The van der Waals surface area contributed by atoms with Gasteiger partial charge in [-0.25, -0.2) is 4.98 Å². The molecule has 1 heterocycles. The first-order valence-corrected chi connectivity index (χ1v) is 9.91. The third-order valence-corrected chi connectivity index (χ3v) is 5.38. The predicted octanol–water partition coefficient (Wildman–Crippen LogP) is 4.31. The summed E-state index contributed by atoms with van der Waals surface area (Å²) in [6.45, 7) is 2.74. The van der Waals surface area contributed by atoms with Crippen LogP contribution in [0.1, 0.15) is 35.7 Å². The Bertz CT molecular complexity index is 1010. The number of nitrogens with zero attached hydrogens (tertiary/aromatic N) is 2. The second-order valence-electron chi connectivity index (χ2n) is 6.20. The Balaban J connectivity index is 1.99. The molecule has 0 aliphatic heterocycles. The molecule has 0 unspecified atom stereocenters. The number of aldehydes is 1. The first-order valence-electron chi connectivity index (χ1n) is 8.92. The third kappa shape index (κ3) is 4.22. The monoisotopic (exact) mass is 382 g/mol. The van der Waals surface area contributed by atoms with E-state index in [9.17, 15) is 9.59 Å². The number of thioether (sulfide) groups is 1. The van der Waals surface area contributed by atoms with Crippen LogP contribution < -0.4 is 10.3 Å². The summed E-state index contributed by atoms with van der Waals surface area (Å²) in [6, 6.07) is 12.8. The Morgan fingerprint density at radius 2 is 2.04 bits per heavy atom. The van der Waals surface area contributed by atoms with E-state index in [0.717, 1.165) is 30.4 Å². The highest BCUT2D eigenvalue weighted by atomic mass is 32.2. The number of carbonyl (C=O) groups is 1. The van der Waals surface area contributed by atoms with Gasteiger partial charge in [-0.1, -0.05) is 37.2 Å². The minimum absolute atomic E-state index is 0.00911. The van der Waals surface area contributed by atoms with Crippen molar-refractivity contribution in [1.29, 1.82) is 0 Å². The molecular weight excluding hydrogens is 360 g/mol. The van der Waals surface area contributed by atoms with Crippen LogP contribution in [0.2, 0.25) is 0 Å². The number of fused-ring (bicyclic) bond motifs is 1. The number of methoxy groups -OCH3 is 1. The van der Waals surface area contributed by atoms with Crippen molar-refractivity contribution in [2.75, 3.05) is 7.11 Å². The minimum Gasteiger partial charge on any atom is -0.496 e. The van der Waals surface area contributed by atoms with Gasteiger partial charge >= 0.3 is 0 Å². The summed E-state index contributed by atoms with van der Waals surface area (Å²) in [4.78, 5) is 28.7. The van der Waals surface area contributed by atoms with Crippen molar-refractivity contribution in [3.05, 3.63) is 63.9 Å². The number of rotatable bonds is 8. The van der Waals surface area contributed by atoms with Crippen molar-refractivity contribution < 1.29 is 9.53 Å². The van der Waals surface area contributed by atoms with Gasteiger partial charge in [0.05, 0.1) is 18.0 Å². The SMILES string of the molecule is CCCCn1c(SCc2cc(C=O)ccc2OC)nc2ccccc2c1=O. The smallest absolute Gasteiger partial charge is 0.262 e. The van der Waals surface area contributed by atoms with Crippen LogP contribution in [0.15, 0.2) is 52.4 Å². The van der Waals surface area contributed by atoms with Crippen LogP contribution in [0.5, 0.6) is 5.75 Å². The van der Waals surface area contributed by atoms with E-state index in [-0.39, 0.29) is 5.56 Å². The number of benzene rings is 2. The Hall–Kier alpha value is -2.60. The van der Waals surface area contributed by atoms with Crippen LogP contribution >= 0.6 is 11.8 Å². The molecule has 0 aliphatic carbocycles. The molecule has 2 aromatic carbocycles. The van der Waals surface area contributed by atoms with Crippen molar-refractivity contribution in [3.8, 4) is 5.75 Å². The van der Waals surface area contributed by atoms with E-state index in [1.807, 2.05) is 30.3 Å². The van der Waals surface area contributed by atoms with Gasteiger partial charge in [0.2, 0.25) is 0 Å². The number of unbranched alkanes of at least 4 members (excludes halogenated alkanes) is 1. The zero-order chi connectivity index (χ0) is 19.2. The zero-order valence-electron chi connectivity index (χ0n) is 15.5. The quantitative estimate of drug-likeness (QED) is 0.330. The van der Waals surface area contributed by atoms with Crippen LogP contribution in [0, 0.1) is 0 Å². The largest absolute Gasteiger partial charge is 0.496 e. The number of ether oxygens (including phenoxy) is 1. The molecule has 6 heteroatoms. The van der Waals surface area contributed by atoms with Gasteiger partial charge in [0.15, 0.2) is 5.16 Å². The molecule has 140 valence electrons. The Morgan fingerprint density at radius 1 is 1.22 bits per heavy atom. The first kappa shape index (κ1) is 19.2. The number of aromatic nitrogens is 2. The van der Waals surface area contributed by atoms with Gasteiger partial charge < -0.3 is 4.74 Å². The van der Waals surface area contributed by atoms with E-state index >= 15 is 0 Å². The standard InChI is InChI=1S/C21H22N2O3S/c1-3-4-11-23-20(25)17-7-5-6-8-18(17)22-21(23)27-14-16-12-15(13-24)9-10-19(16)26-2/h5-10,12-13H,3-4,11,14H2,1-2H3. The van der Waals surface area contributed by atoms with Crippen LogP contribution in [0.25, 0.3) is 10.9 Å². The summed E-state index contributed by atoms with van der Waals surface area (Å²) in [5.74, 6) is 1.28. The van der Waals surface area contributed by atoms with E-state index in [1.165, 1.54) is 11.8 Å². The topological polar surface area (TPSA) is 61.2 Å². The highest BCUT2D eigenvalue weighted by Crippen LogP contribution is 2.28. The molecule has 0 spiro atoms. The van der Waals surface area contributed by atoms with Crippen LogP contribution in [-0.4, -0.2) is 22.9 Å². The molecule has 0 N–H and O–H groups in total. The fourth-order valence-corrected chi connectivity index (χ4v) is 3.90. The maximum Gasteiger partial charge on any atom is 0.262 e. The highest BCUT2D eigenvalue weighted by molar-refractivity contribution is 7.98. The van der Waals surface area contributed by atoms with Gasteiger partial charge in [-0.15, -0.1) is 0 Å². The minimum atomic E-state index is -0.00911. The maximum absolute atomic E-state index is 12.9. The predicted molar refractivity (Wildman–Crippen MR) is 109 cm³/mol. The number of para-hydroxylation sites is 1. The summed E-state index contributed by atoms with van der Waals surface area (Å²) in [5, 5.41) is 1.32. The van der Waals surface area contributed by atoms with Crippen molar-refractivity contribution in [3.63, 3.8) is 0 Å². The Kier molecular flexibility index (Phi) is 6.29. The van der Waals surface area contributed by atoms with E-state index in [4.69, 9.17) is 9.72 Å². The normalized spacial score (nSPS) is 10.9. The van der Waals surface area contributed by atoms with Crippen molar-refractivity contribution in [1.82, 2.24) is 9.55 Å². The molecule has 0 amide bonds. The van der Waals surface area contributed by atoms with Crippen molar-refractivity contribution >= 4 is 29.0 Å². The molecule has 27 heavy (non-hydrogen) atoms. The number of hydrogen-bond acceptors (Lipinski definition) is 5. The summed E-state index contributed by atoms with van der Waals surface area (Å²) in [6.07, 6.45) is 2.73. The van der Waals surface area contributed by atoms with Crippen LogP contribution in [-0.2, 0) is 12.3 Å². The Morgan fingerprint density at radius 3 is 2.78 bits per heavy atom. The second-order valence-corrected chi connectivity index (χ2v) is 7.14. The third-order valence-electron chi connectivity index (χ3n) is 4.36. The highest BCUT2D eigenvalue weighted by Gasteiger charge is 2.13. The lowest BCUT2D eigenvalue weighted by atomic mass is 10.1. The summed E-state index contributed by atoms with van der Waals surface area (Å²) in [5.41, 5.74) is 2.19. The number of carbonyl (C=O) groups excluding carboxylic acids is 1. The lowest BCUT2D eigenvalue weighted by Gasteiger charge is -2.14. The summed E-state index contributed by atoms with van der Waals surface area (Å²) in [7, 11) is 1.61. The van der Waals surface area contributed by atoms with Crippen LogP contribution in [0.4, 0.5) is 0 Å². The molecular formula is C21H22N2O3S. The molecule has 0 radical (unpaired) electrons. The Labute approximate surface area is 162 Å². The fraction of sp³-hybridized carbons (Fsp3) is 0.286. The first-order chi connectivity index (χ1) is 13.2.